The second kappa shape index (κ2) is 6.56. The van der Waals surface area contributed by atoms with E-state index in [0.717, 1.165) is 31.2 Å². The maximum absolute atomic E-state index is 12.2. The fourth-order valence-electron chi connectivity index (χ4n) is 3.32. The molecule has 1 fully saturated rings. The van der Waals surface area contributed by atoms with E-state index in [1.807, 2.05) is 30.3 Å². The molecule has 1 aromatic rings. The Labute approximate surface area is 120 Å². The number of ether oxygens (including phenoxy) is 1. The predicted molar refractivity (Wildman–Crippen MR) is 76.9 cm³/mol. The minimum Gasteiger partial charge on any atom is -0.465 e. The van der Waals surface area contributed by atoms with Gasteiger partial charge in [-0.25, -0.2) is 0 Å². The fourth-order valence-corrected chi connectivity index (χ4v) is 3.32. The quantitative estimate of drug-likeness (QED) is 0.786. The number of benzene rings is 1. The summed E-state index contributed by atoms with van der Waals surface area (Å²) in [4.78, 5) is 12.2. The molecule has 106 valence electrons. The summed E-state index contributed by atoms with van der Waals surface area (Å²) >= 11 is 0. The van der Waals surface area contributed by atoms with Crippen molar-refractivity contribution < 1.29 is 9.53 Å². The lowest BCUT2D eigenvalue weighted by Gasteiger charge is -2.40. The van der Waals surface area contributed by atoms with Crippen molar-refractivity contribution in [2.24, 2.45) is 5.92 Å². The van der Waals surface area contributed by atoms with Crippen LogP contribution in [0.3, 0.4) is 0 Å². The zero-order valence-corrected chi connectivity index (χ0v) is 12.0. The van der Waals surface area contributed by atoms with Crippen LogP contribution in [0.25, 0.3) is 0 Å². The van der Waals surface area contributed by atoms with Gasteiger partial charge >= 0.3 is 5.97 Å². The first kappa shape index (κ1) is 14.6. The molecule has 1 aliphatic rings. The Hall–Kier alpha value is -1.82. The van der Waals surface area contributed by atoms with E-state index in [4.69, 9.17) is 4.74 Å². The normalized spacial score (nSPS) is 18.8. The summed E-state index contributed by atoms with van der Waals surface area (Å²) in [7, 11) is 0. The number of esters is 1. The molecule has 1 aromatic carbocycles. The summed E-state index contributed by atoms with van der Waals surface area (Å²) in [6.07, 6.45) is 5.07. The predicted octanol–water partition coefficient (Wildman–Crippen LogP) is 3.59. The number of hydrogen-bond donors (Lipinski definition) is 0. The van der Waals surface area contributed by atoms with Crippen molar-refractivity contribution in [1.82, 2.24) is 0 Å². The molecule has 0 unspecified atom stereocenters. The molecule has 20 heavy (non-hydrogen) atoms. The van der Waals surface area contributed by atoms with E-state index < -0.39 is 5.92 Å². The van der Waals surface area contributed by atoms with Crippen molar-refractivity contribution in [3.63, 3.8) is 0 Å². The average Bonchev–Trinajstić information content (AvgIpc) is 2.50. The summed E-state index contributed by atoms with van der Waals surface area (Å²) in [5.41, 5.74) is 0.722. The van der Waals surface area contributed by atoms with Crippen LogP contribution in [0.15, 0.2) is 30.3 Å². The number of hydrogen-bond acceptors (Lipinski definition) is 3. The van der Waals surface area contributed by atoms with Gasteiger partial charge in [0, 0.05) is 5.41 Å². The van der Waals surface area contributed by atoms with Crippen LogP contribution in [0.5, 0.6) is 0 Å². The molecule has 0 aromatic heterocycles. The summed E-state index contributed by atoms with van der Waals surface area (Å²) in [5.74, 6) is -1.08. The third kappa shape index (κ3) is 2.70. The van der Waals surface area contributed by atoms with Gasteiger partial charge in [-0.05, 0) is 25.3 Å². The zero-order chi connectivity index (χ0) is 14.4. The lowest BCUT2D eigenvalue weighted by atomic mass is 9.62. The van der Waals surface area contributed by atoms with Crippen molar-refractivity contribution in [3.8, 4) is 6.07 Å². The van der Waals surface area contributed by atoms with E-state index in [1.54, 1.807) is 6.92 Å². The molecule has 1 saturated carbocycles. The number of rotatable bonds is 4. The van der Waals surface area contributed by atoms with E-state index in [0.29, 0.717) is 6.61 Å². The monoisotopic (exact) mass is 271 g/mol. The Bertz CT molecular complexity index is 483. The van der Waals surface area contributed by atoms with E-state index in [1.165, 1.54) is 6.42 Å². The van der Waals surface area contributed by atoms with E-state index in [-0.39, 0.29) is 11.4 Å². The Morgan fingerprint density at radius 2 is 1.95 bits per heavy atom. The summed E-state index contributed by atoms with van der Waals surface area (Å²) in [6, 6.07) is 12.2. The van der Waals surface area contributed by atoms with Crippen LogP contribution in [0.1, 0.15) is 44.6 Å². The van der Waals surface area contributed by atoms with Gasteiger partial charge in [-0.15, -0.1) is 0 Å². The molecule has 1 aliphatic carbocycles. The van der Waals surface area contributed by atoms with Gasteiger partial charge in [0.2, 0.25) is 0 Å². The number of nitriles is 1. The standard InChI is InChI=1S/C17H21NO2/c1-2-20-16(19)15(13-18)17(11-7-4-8-12-17)14-9-5-3-6-10-14/h3,5-6,9-10,15H,2,4,7-8,11-12H2,1H3/t15-/m1/s1. The highest BCUT2D eigenvalue weighted by Gasteiger charge is 2.46. The average molecular weight is 271 g/mol. The van der Waals surface area contributed by atoms with Crippen LogP contribution in [-0.4, -0.2) is 12.6 Å². The van der Waals surface area contributed by atoms with Crippen LogP contribution < -0.4 is 0 Å². The SMILES string of the molecule is CCOC(=O)[C@@H](C#N)C1(c2ccccc2)CCCCC1. The molecule has 0 amide bonds. The Morgan fingerprint density at radius 1 is 1.30 bits per heavy atom. The molecular weight excluding hydrogens is 250 g/mol. The van der Waals surface area contributed by atoms with Crippen molar-refractivity contribution in [2.45, 2.75) is 44.4 Å². The summed E-state index contributed by atoms with van der Waals surface area (Å²) in [5, 5.41) is 9.55. The van der Waals surface area contributed by atoms with Crippen molar-refractivity contribution in [3.05, 3.63) is 35.9 Å². The van der Waals surface area contributed by atoms with Crippen LogP contribution in [-0.2, 0) is 14.9 Å². The molecule has 2 rings (SSSR count). The number of nitrogens with zero attached hydrogens (tertiary/aromatic N) is 1. The largest absolute Gasteiger partial charge is 0.465 e. The zero-order valence-electron chi connectivity index (χ0n) is 12.0. The van der Waals surface area contributed by atoms with Crippen LogP contribution >= 0.6 is 0 Å². The van der Waals surface area contributed by atoms with E-state index in [9.17, 15) is 10.1 Å². The first-order valence-corrected chi connectivity index (χ1v) is 7.36. The Morgan fingerprint density at radius 3 is 2.50 bits per heavy atom. The highest BCUT2D eigenvalue weighted by molar-refractivity contribution is 5.77. The van der Waals surface area contributed by atoms with Crippen LogP contribution in [0.2, 0.25) is 0 Å². The molecule has 3 nitrogen and oxygen atoms in total. The smallest absolute Gasteiger partial charge is 0.324 e. The van der Waals surface area contributed by atoms with E-state index in [2.05, 4.69) is 6.07 Å². The van der Waals surface area contributed by atoms with Crippen LogP contribution in [0.4, 0.5) is 0 Å². The molecule has 1 atom stereocenters. The van der Waals surface area contributed by atoms with Crippen molar-refractivity contribution >= 4 is 5.97 Å². The molecule has 3 heteroatoms. The van der Waals surface area contributed by atoms with Gasteiger partial charge in [-0.3, -0.25) is 4.79 Å². The highest BCUT2D eigenvalue weighted by Crippen LogP contribution is 2.45. The van der Waals surface area contributed by atoms with Gasteiger partial charge in [0.25, 0.3) is 0 Å². The van der Waals surface area contributed by atoms with Gasteiger partial charge in [0.1, 0.15) is 0 Å². The fraction of sp³-hybridized carbons (Fsp3) is 0.529. The molecule has 0 radical (unpaired) electrons. The van der Waals surface area contributed by atoms with Gasteiger partial charge in [-0.2, -0.15) is 5.26 Å². The minimum absolute atomic E-state index is 0.321. The van der Waals surface area contributed by atoms with Gasteiger partial charge in [-0.1, -0.05) is 49.6 Å². The molecule has 0 heterocycles. The van der Waals surface area contributed by atoms with Crippen LogP contribution in [0, 0.1) is 17.2 Å². The molecule has 0 bridgehead atoms. The second-order valence-corrected chi connectivity index (χ2v) is 5.40. The Kier molecular flexibility index (Phi) is 4.79. The summed E-state index contributed by atoms with van der Waals surface area (Å²) < 4.78 is 5.13. The van der Waals surface area contributed by atoms with Crippen molar-refractivity contribution in [2.75, 3.05) is 6.61 Å². The molecule has 0 N–H and O–H groups in total. The topological polar surface area (TPSA) is 50.1 Å². The lowest BCUT2D eigenvalue weighted by Crippen LogP contribution is -2.41. The minimum atomic E-state index is -0.704. The Balaban J connectivity index is 2.41. The first-order valence-electron chi connectivity index (χ1n) is 7.36. The number of carbonyl (C=O) groups excluding carboxylic acids is 1. The molecule has 0 saturated heterocycles. The second-order valence-electron chi connectivity index (χ2n) is 5.40. The lowest BCUT2D eigenvalue weighted by molar-refractivity contribution is -0.148. The first-order chi connectivity index (χ1) is 9.74. The maximum atomic E-state index is 12.2. The maximum Gasteiger partial charge on any atom is 0.324 e. The molecular formula is C17H21NO2. The van der Waals surface area contributed by atoms with Gasteiger partial charge < -0.3 is 4.74 Å². The third-order valence-electron chi connectivity index (χ3n) is 4.30. The van der Waals surface area contributed by atoms with Crippen molar-refractivity contribution in [1.29, 1.82) is 5.26 Å². The molecule has 0 spiro atoms. The van der Waals surface area contributed by atoms with Gasteiger partial charge in [0.05, 0.1) is 12.7 Å². The third-order valence-corrected chi connectivity index (χ3v) is 4.30. The van der Waals surface area contributed by atoms with Gasteiger partial charge in [0.15, 0.2) is 5.92 Å². The van der Waals surface area contributed by atoms with E-state index >= 15 is 0 Å². The molecule has 0 aliphatic heterocycles. The number of carbonyl (C=O) groups is 1. The summed E-state index contributed by atoms with van der Waals surface area (Å²) in [6.45, 7) is 2.10. The highest BCUT2D eigenvalue weighted by atomic mass is 16.5.